The highest BCUT2D eigenvalue weighted by molar-refractivity contribution is 5.93. The molecule has 0 aromatic heterocycles. The number of nitrogens with two attached hydrogens (primary N) is 2. The topological polar surface area (TPSA) is 177 Å². The van der Waals surface area contributed by atoms with E-state index in [0.717, 1.165) is 12.0 Å². The fourth-order valence-corrected chi connectivity index (χ4v) is 2.67. The molecule has 0 spiro atoms. The van der Waals surface area contributed by atoms with Crippen LogP contribution in [0.1, 0.15) is 31.7 Å². The Balaban J connectivity index is 2.71. The quantitative estimate of drug-likeness (QED) is 0.218. The summed E-state index contributed by atoms with van der Waals surface area (Å²) in [7, 11) is 0. The maximum absolute atomic E-state index is 12.5. The number of carbonyl (C=O) groups excluding carboxylic acids is 3. The van der Waals surface area contributed by atoms with Crippen LogP contribution in [0.15, 0.2) is 30.3 Å². The summed E-state index contributed by atoms with van der Waals surface area (Å²) < 4.78 is 0. The molecule has 3 amide bonds. The molecule has 0 saturated heterocycles. The van der Waals surface area contributed by atoms with Crippen molar-refractivity contribution < 1.29 is 24.3 Å². The van der Waals surface area contributed by atoms with Gasteiger partial charge in [-0.25, -0.2) is 0 Å². The molecule has 166 valence electrons. The third-order valence-corrected chi connectivity index (χ3v) is 4.39. The molecular weight excluding hydrogens is 390 g/mol. The van der Waals surface area contributed by atoms with Crippen molar-refractivity contribution in [3.63, 3.8) is 0 Å². The van der Waals surface area contributed by atoms with Crippen LogP contribution in [0.3, 0.4) is 0 Å². The standard InChI is InChI=1S/C20H31N5O5/c1-13(24-19(29)15(22)9-5-6-10-21)18(28)25-16(20(30)23-12-17(26)27)11-14-7-3-2-4-8-14/h2-4,7-8,13,15-16H,5-6,9-12,21-22H2,1H3,(H,23,30)(H,24,29)(H,25,28)(H,26,27). The van der Waals surface area contributed by atoms with Crippen molar-refractivity contribution in [1.82, 2.24) is 16.0 Å². The van der Waals surface area contributed by atoms with Crippen molar-refractivity contribution in [1.29, 1.82) is 0 Å². The van der Waals surface area contributed by atoms with Crippen molar-refractivity contribution in [3.05, 3.63) is 35.9 Å². The molecule has 10 nitrogen and oxygen atoms in total. The average Bonchev–Trinajstić information content (AvgIpc) is 2.72. The van der Waals surface area contributed by atoms with E-state index in [1.165, 1.54) is 6.92 Å². The summed E-state index contributed by atoms with van der Waals surface area (Å²) in [6, 6.07) is 6.28. The second-order valence-corrected chi connectivity index (χ2v) is 6.98. The Hall–Kier alpha value is -2.98. The summed E-state index contributed by atoms with van der Waals surface area (Å²) >= 11 is 0. The van der Waals surface area contributed by atoms with E-state index >= 15 is 0 Å². The first-order valence-corrected chi connectivity index (χ1v) is 9.84. The van der Waals surface area contributed by atoms with Gasteiger partial charge in [0.15, 0.2) is 0 Å². The van der Waals surface area contributed by atoms with Gasteiger partial charge in [-0.3, -0.25) is 19.2 Å². The molecule has 0 aliphatic heterocycles. The highest BCUT2D eigenvalue weighted by Crippen LogP contribution is 2.04. The Labute approximate surface area is 175 Å². The monoisotopic (exact) mass is 421 g/mol. The minimum atomic E-state index is -1.20. The maximum atomic E-state index is 12.5. The van der Waals surface area contributed by atoms with Crippen LogP contribution in [0, 0.1) is 0 Å². The lowest BCUT2D eigenvalue weighted by molar-refractivity contribution is -0.138. The number of benzene rings is 1. The second kappa shape index (κ2) is 13.3. The Bertz CT molecular complexity index is 713. The summed E-state index contributed by atoms with van der Waals surface area (Å²) in [6.07, 6.45) is 2.07. The number of nitrogens with one attached hydrogen (secondary N) is 3. The molecule has 1 aromatic rings. The first-order chi connectivity index (χ1) is 14.2. The molecule has 0 aliphatic carbocycles. The Morgan fingerprint density at radius 3 is 2.27 bits per heavy atom. The molecule has 3 atom stereocenters. The molecule has 3 unspecified atom stereocenters. The van der Waals surface area contributed by atoms with Gasteiger partial charge in [0, 0.05) is 6.42 Å². The van der Waals surface area contributed by atoms with E-state index < -0.39 is 48.4 Å². The molecule has 1 aromatic carbocycles. The van der Waals surface area contributed by atoms with Crippen LogP contribution in [0.4, 0.5) is 0 Å². The van der Waals surface area contributed by atoms with Crippen molar-refractivity contribution in [2.75, 3.05) is 13.1 Å². The van der Waals surface area contributed by atoms with Gasteiger partial charge >= 0.3 is 5.97 Å². The smallest absolute Gasteiger partial charge is 0.322 e. The molecule has 0 aliphatic rings. The van der Waals surface area contributed by atoms with Gasteiger partial charge in [0.25, 0.3) is 0 Å². The predicted molar refractivity (Wildman–Crippen MR) is 111 cm³/mol. The van der Waals surface area contributed by atoms with Gasteiger partial charge in [-0.2, -0.15) is 0 Å². The Morgan fingerprint density at radius 1 is 1.00 bits per heavy atom. The molecule has 0 bridgehead atoms. The van der Waals surface area contributed by atoms with Crippen LogP contribution in [0.5, 0.6) is 0 Å². The molecule has 1 rings (SSSR count). The van der Waals surface area contributed by atoms with Crippen LogP contribution in [-0.2, 0) is 25.6 Å². The van der Waals surface area contributed by atoms with Gasteiger partial charge in [-0.15, -0.1) is 0 Å². The lowest BCUT2D eigenvalue weighted by atomic mass is 10.0. The number of unbranched alkanes of at least 4 members (excludes halogenated alkanes) is 1. The molecule has 8 N–H and O–H groups in total. The van der Waals surface area contributed by atoms with E-state index in [2.05, 4.69) is 16.0 Å². The summed E-state index contributed by atoms with van der Waals surface area (Å²) in [5, 5.41) is 16.1. The van der Waals surface area contributed by atoms with Crippen LogP contribution < -0.4 is 27.4 Å². The van der Waals surface area contributed by atoms with Crippen LogP contribution in [0.2, 0.25) is 0 Å². The molecule has 0 radical (unpaired) electrons. The van der Waals surface area contributed by atoms with Gasteiger partial charge < -0.3 is 32.5 Å². The molecular formula is C20H31N5O5. The maximum Gasteiger partial charge on any atom is 0.322 e. The Kier molecular flexibility index (Phi) is 11.1. The van der Waals surface area contributed by atoms with Gasteiger partial charge in [-0.1, -0.05) is 36.8 Å². The fourth-order valence-electron chi connectivity index (χ4n) is 2.67. The number of rotatable bonds is 13. The van der Waals surface area contributed by atoms with E-state index in [4.69, 9.17) is 16.6 Å². The third-order valence-electron chi connectivity index (χ3n) is 4.39. The Morgan fingerprint density at radius 2 is 1.67 bits per heavy atom. The number of aliphatic carboxylic acids is 1. The number of hydrogen-bond acceptors (Lipinski definition) is 6. The number of amides is 3. The van der Waals surface area contributed by atoms with Crippen molar-refractivity contribution in [2.45, 2.75) is 50.7 Å². The zero-order chi connectivity index (χ0) is 22.5. The third kappa shape index (κ3) is 9.48. The van der Waals surface area contributed by atoms with Crippen LogP contribution >= 0.6 is 0 Å². The molecule has 0 fully saturated rings. The van der Waals surface area contributed by atoms with Gasteiger partial charge in [-0.05, 0) is 31.9 Å². The molecule has 0 heterocycles. The van der Waals surface area contributed by atoms with Crippen molar-refractivity contribution in [3.8, 4) is 0 Å². The zero-order valence-corrected chi connectivity index (χ0v) is 17.1. The number of carbonyl (C=O) groups is 4. The minimum Gasteiger partial charge on any atom is -0.480 e. The fraction of sp³-hybridized carbons (Fsp3) is 0.500. The second-order valence-electron chi connectivity index (χ2n) is 6.98. The lowest BCUT2D eigenvalue weighted by Gasteiger charge is -2.22. The predicted octanol–water partition coefficient (Wildman–Crippen LogP) is -1.12. The molecule has 0 saturated carbocycles. The first kappa shape index (κ1) is 25.1. The lowest BCUT2D eigenvalue weighted by Crippen LogP contribution is -2.55. The molecule has 30 heavy (non-hydrogen) atoms. The summed E-state index contributed by atoms with van der Waals surface area (Å²) in [4.78, 5) is 47.8. The average molecular weight is 421 g/mol. The first-order valence-electron chi connectivity index (χ1n) is 9.84. The van der Waals surface area contributed by atoms with Crippen molar-refractivity contribution >= 4 is 23.7 Å². The number of hydrogen-bond donors (Lipinski definition) is 6. The highest BCUT2D eigenvalue weighted by atomic mass is 16.4. The largest absolute Gasteiger partial charge is 0.480 e. The zero-order valence-electron chi connectivity index (χ0n) is 17.1. The van der Waals surface area contributed by atoms with Crippen LogP contribution in [0.25, 0.3) is 0 Å². The van der Waals surface area contributed by atoms with Crippen molar-refractivity contribution in [2.24, 2.45) is 11.5 Å². The van der Waals surface area contributed by atoms with Gasteiger partial charge in [0.2, 0.25) is 17.7 Å². The van der Waals surface area contributed by atoms with E-state index in [0.29, 0.717) is 19.4 Å². The normalized spacial score (nSPS) is 13.6. The number of carboxylic acid groups (broad SMARTS) is 1. The van der Waals surface area contributed by atoms with E-state index in [-0.39, 0.29) is 6.42 Å². The van der Waals surface area contributed by atoms with Gasteiger partial charge in [0.1, 0.15) is 18.6 Å². The summed E-state index contributed by atoms with van der Waals surface area (Å²) in [5.41, 5.74) is 12.0. The minimum absolute atomic E-state index is 0.164. The van der Waals surface area contributed by atoms with E-state index in [1.54, 1.807) is 24.3 Å². The van der Waals surface area contributed by atoms with Crippen LogP contribution in [-0.4, -0.2) is 60.0 Å². The number of carboxylic acids is 1. The van der Waals surface area contributed by atoms with Gasteiger partial charge in [0.05, 0.1) is 6.04 Å². The highest BCUT2D eigenvalue weighted by Gasteiger charge is 2.26. The van der Waals surface area contributed by atoms with E-state index in [1.807, 2.05) is 6.07 Å². The van der Waals surface area contributed by atoms with E-state index in [9.17, 15) is 19.2 Å². The SMILES string of the molecule is CC(NC(=O)C(N)CCCCN)C(=O)NC(Cc1ccccc1)C(=O)NCC(=O)O. The molecule has 10 heteroatoms. The summed E-state index contributed by atoms with van der Waals surface area (Å²) in [6.45, 7) is 1.43. The summed E-state index contributed by atoms with van der Waals surface area (Å²) in [5.74, 6) is -2.88.